The summed E-state index contributed by atoms with van der Waals surface area (Å²) in [4.78, 5) is 2.40. The van der Waals surface area contributed by atoms with E-state index in [0.717, 1.165) is 5.56 Å². The van der Waals surface area contributed by atoms with Gasteiger partial charge in [0.15, 0.2) is 11.5 Å². The van der Waals surface area contributed by atoms with E-state index in [1.807, 2.05) is 0 Å². The summed E-state index contributed by atoms with van der Waals surface area (Å²) in [6, 6.07) is 9.73. The van der Waals surface area contributed by atoms with Crippen molar-refractivity contribution < 1.29 is 23.0 Å². The molecule has 3 rings (SSSR count). The van der Waals surface area contributed by atoms with Gasteiger partial charge in [-0.05, 0) is 42.0 Å². The van der Waals surface area contributed by atoms with E-state index in [0.29, 0.717) is 49.2 Å². The molecule has 0 saturated carbocycles. The van der Waals surface area contributed by atoms with Crippen molar-refractivity contribution in [2.45, 2.75) is 11.4 Å². The van der Waals surface area contributed by atoms with Crippen molar-refractivity contribution in [3.05, 3.63) is 47.0 Å². The van der Waals surface area contributed by atoms with Crippen LogP contribution in [-0.2, 0) is 16.6 Å². The number of methoxy groups -OCH3 is 2. The SMILES string of the molecule is COc1cc(CN2CCN(S(=O)(=O)c3ccc(Cl)cc3)CC2)cc(OC)c1O. The first kappa shape index (κ1) is 20.7. The molecule has 1 saturated heterocycles. The highest BCUT2D eigenvalue weighted by molar-refractivity contribution is 7.89. The minimum atomic E-state index is -3.53. The summed E-state index contributed by atoms with van der Waals surface area (Å²) in [5, 5.41) is 10.5. The van der Waals surface area contributed by atoms with Crippen LogP contribution in [0.25, 0.3) is 0 Å². The number of ether oxygens (including phenoxy) is 2. The lowest BCUT2D eigenvalue weighted by Crippen LogP contribution is -2.48. The number of aromatic hydroxyl groups is 1. The van der Waals surface area contributed by atoms with Crippen molar-refractivity contribution in [3.63, 3.8) is 0 Å². The number of piperazine rings is 1. The third-order valence-corrected chi connectivity index (χ3v) is 6.89. The largest absolute Gasteiger partial charge is 0.502 e. The molecule has 1 fully saturated rings. The number of rotatable bonds is 6. The lowest BCUT2D eigenvalue weighted by atomic mass is 10.1. The van der Waals surface area contributed by atoms with E-state index in [1.165, 1.54) is 30.7 Å². The number of nitrogens with zero attached hydrogens (tertiary/aromatic N) is 2. The highest BCUT2D eigenvalue weighted by Crippen LogP contribution is 2.37. The molecule has 0 unspecified atom stereocenters. The van der Waals surface area contributed by atoms with E-state index in [9.17, 15) is 13.5 Å². The number of halogens is 1. The molecular weight excluding hydrogens is 404 g/mol. The van der Waals surface area contributed by atoms with E-state index in [2.05, 4.69) is 4.90 Å². The number of phenols is 1. The predicted molar refractivity (Wildman–Crippen MR) is 107 cm³/mol. The van der Waals surface area contributed by atoms with Crippen LogP contribution in [0, 0.1) is 0 Å². The van der Waals surface area contributed by atoms with Crippen LogP contribution in [0.15, 0.2) is 41.3 Å². The number of sulfonamides is 1. The zero-order chi connectivity index (χ0) is 20.3. The fourth-order valence-corrected chi connectivity index (χ4v) is 4.73. The minimum absolute atomic E-state index is 0.0346. The number of benzene rings is 2. The molecule has 1 heterocycles. The van der Waals surface area contributed by atoms with Crippen LogP contribution >= 0.6 is 11.6 Å². The van der Waals surface area contributed by atoms with Crippen LogP contribution < -0.4 is 9.47 Å². The fraction of sp³-hybridized carbons (Fsp3) is 0.368. The fourth-order valence-electron chi connectivity index (χ4n) is 3.18. The molecule has 0 bridgehead atoms. The van der Waals surface area contributed by atoms with E-state index in [1.54, 1.807) is 24.3 Å². The lowest BCUT2D eigenvalue weighted by molar-refractivity contribution is 0.181. The Morgan fingerprint density at radius 1 is 1.00 bits per heavy atom. The lowest BCUT2D eigenvalue weighted by Gasteiger charge is -2.34. The van der Waals surface area contributed by atoms with Crippen LogP contribution in [0.5, 0.6) is 17.2 Å². The van der Waals surface area contributed by atoms with Gasteiger partial charge in [-0.3, -0.25) is 4.90 Å². The average Bonchev–Trinajstić information content (AvgIpc) is 2.70. The van der Waals surface area contributed by atoms with Gasteiger partial charge in [0.25, 0.3) is 0 Å². The Morgan fingerprint density at radius 2 is 1.54 bits per heavy atom. The normalized spacial score (nSPS) is 16.1. The molecule has 0 radical (unpaired) electrons. The maximum absolute atomic E-state index is 12.8. The quantitative estimate of drug-likeness (QED) is 0.764. The highest BCUT2D eigenvalue weighted by atomic mass is 35.5. The molecule has 28 heavy (non-hydrogen) atoms. The molecule has 1 aliphatic rings. The summed E-state index contributed by atoms with van der Waals surface area (Å²) in [6.45, 7) is 2.59. The first-order valence-electron chi connectivity index (χ1n) is 8.77. The van der Waals surface area contributed by atoms with Crippen molar-refractivity contribution >= 4 is 21.6 Å². The first-order chi connectivity index (χ1) is 13.3. The summed E-state index contributed by atoms with van der Waals surface area (Å²) in [7, 11) is -0.557. The van der Waals surface area contributed by atoms with Gasteiger partial charge in [0, 0.05) is 37.7 Å². The molecular formula is C19H23ClN2O5S. The second kappa shape index (κ2) is 8.57. The van der Waals surface area contributed by atoms with E-state index < -0.39 is 10.0 Å². The zero-order valence-corrected chi connectivity index (χ0v) is 17.3. The minimum Gasteiger partial charge on any atom is -0.502 e. The predicted octanol–water partition coefficient (Wildman–Crippen LogP) is 2.57. The van der Waals surface area contributed by atoms with Crippen LogP contribution in [0.1, 0.15) is 5.56 Å². The van der Waals surface area contributed by atoms with Gasteiger partial charge in [-0.25, -0.2) is 8.42 Å². The average molecular weight is 427 g/mol. The van der Waals surface area contributed by atoms with Gasteiger partial charge < -0.3 is 14.6 Å². The number of hydrogen-bond acceptors (Lipinski definition) is 6. The van der Waals surface area contributed by atoms with Gasteiger partial charge in [-0.15, -0.1) is 0 Å². The molecule has 0 aliphatic carbocycles. The second-order valence-corrected chi connectivity index (χ2v) is 8.86. The molecule has 2 aromatic rings. The number of hydrogen-bond donors (Lipinski definition) is 1. The topological polar surface area (TPSA) is 79.3 Å². The van der Waals surface area contributed by atoms with E-state index >= 15 is 0 Å². The summed E-state index contributed by atoms with van der Waals surface area (Å²) < 4.78 is 37.4. The van der Waals surface area contributed by atoms with Crippen LogP contribution in [0.3, 0.4) is 0 Å². The van der Waals surface area contributed by atoms with Gasteiger partial charge in [0.05, 0.1) is 19.1 Å². The Bertz CT molecular complexity index is 901. The molecule has 0 atom stereocenters. The van der Waals surface area contributed by atoms with Crippen LogP contribution in [0.4, 0.5) is 0 Å². The number of phenolic OH excluding ortho intramolecular Hbond substituents is 1. The van der Waals surface area contributed by atoms with Gasteiger partial charge in [-0.2, -0.15) is 4.31 Å². The maximum atomic E-state index is 12.8. The smallest absolute Gasteiger partial charge is 0.243 e. The third-order valence-electron chi connectivity index (χ3n) is 4.73. The molecule has 1 N–H and O–H groups in total. The zero-order valence-electron chi connectivity index (χ0n) is 15.8. The van der Waals surface area contributed by atoms with Crippen LogP contribution in [-0.4, -0.2) is 63.1 Å². The highest BCUT2D eigenvalue weighted by Gasteiger charge is 2.28. The third kappa shape index (κ3) is 4.35. The van der Waals surface area contributed by atoms with Crippen molar-refractivity contribution in [1.82, 2.24) is 9.21 Å². The first-order valence-corrected chi connectivity index (χ1v) is 10.6. The Labute approximate surface area is 170 Å². The molecule has 1 aliphatic heterocycles. The Hall–Kier alpha value is -2.00. The Balaban J connectivity index is 1.67. The monoisotopic (exact) mass is 426 g/mol. The van der Waals surface area contributed by atoms with Crippen molar-refractivity contribution in [1.29, 1.82) is 0 Å². The van der Waals surface area contributed by atoms with Gasteiger partial charge in [-0.1, -0.05) is 11.6 Å². The Kier molecular flexibility index (Phi) is 6.34. The summed E-state index contributed by atoms with van der Waals surface area (Å²) in [5.41, 5.74) is 0.917. The van der Waals surface area contributed by atoms with Gasteiger partial charge in [0.2, 0.25) is 15.8 Å². The molecule has 2 aromatic carbocycles. The van der Waals surface area contributed by atoms with E-state index in [-0.39, 0.29) is 10.6 Å². The molecule has 152 valence electrons. The van der Waals surface area contributed by atoms with Crippen LogP contribution in [0.2, 0.25) is 5.02 Å². The van der Waals surface area contributed by atoms with E-state index in [4.69, 9.17) is 21.1 Å². The van der Waals surface area contributed by atoms with Gasteiger partial charge in [0.1, 0.15) is 0 Å². The summed E-state index contributed by atoms with van der Waals surface area (Å²) in [5.74, 6) is 0.657. The second-order valence-electron chi connectivity index (χ2n) is 6.48. The molecule has 9 heteroatoms. The molecule has 0 amide bonds. The summed E-state index contributed by atoms with van der Waals surface area (Å²) in [6.07, 6.45) is 0. The van der Waals surface area contributed by atoms with Gasteiger partial charge >= 0.3 is 0 Å². The Morgan fingerprint density at radius 3 is 2.04 bits per heavy atom. The molecule has 0 aromatic heterocycles. The molecule has 7 nitrogen and oxygen atoms in total. The van der Waals surface area contributed by atoms with Crippen molar-refractivity contribution in [3.8, 4) is 17.2 Å². The summed E-state index contributed by atoms with van der Waals surface area (Å²) >= 11 is 5.85. The standard InChI is InChI=1S/C19H23ClN2O5S/c1-26-17-11-14(12-18(27-2)19(17)23)13-21-7-9-22(10-8-21)28(24,25)16-5-3-15(20)4-6-16/h3-6,11-12,23H,7-10,13H2,1-2H3. The van der Waals surface area contributed by atoms with Crippen molar-refractivity contribution in [2.24, 2.45) is 0 Å². The maximum Gasteiger partial charge on any atom is 0.243 e. The molecule has 0 spiro atoms. The van der Waals surface area contributed by atoms with Crippen molar-refractivity contribution in [2.75, 3.05) is 40.4 Å².